The molecule has 1 aliphatic rings. The number of aromatic nitrogens is 2. The van der Waals surface area contributed by atoms with Crippen LogP contribution in [0.3, 0.4) is 0 Å². The molecule has 2 heterocycles. The fraction of sp³-hybridized carbons (Fsp3) is 0.188. The first kappa shape index (κ1) is 16.4. The van der Waals surface area contributed by atoms with Crippen LogP contribution in [0.1, 0.15) is 17.2 Å². The maximum Gasteiger partial charge on any atom is 0.326 e. The Morgan fingerprint density at radius 1 is 1.16 bits per heavy atom. The van der Waals surface area contributed by atoms with Gasteiger partial charge in [-0.1, -0.05) is 30.3 Å². The maximum absolute atomic E-state index is 12.3. The summed E-state index contributed by atoms with van der Waals surface area (Å²) in [5, 5.41) is 6.38. The van der Waals surface area contributed by atoms with Crippen molar-refractivity contribution in [2.75, 3.05) is 6.54 Å². The van der Waals surface area contributed by atoms with E-state index in [2.05, 4.69) is 20.8 Å². The van der Waals surface area contributed by atoms with E-state index in [0.717, 1.165) is 17.8 Å². The third kappa shape index (κ3) is 3.71. The summed E-state index contributed by atoms with van der Waals surface area (Å²) in [6.07, 6.45) is 1.12. The van der Waals surface area contributed by atoms with Crippen molar-refractivity contribution in [1.29, 1.82) is 0 Å². The molecule has 9 nitrogen and oxygen atoms in total. The Labute approximate surface area is 141 Å². The zero-order valence-corrected chi connectivity index (χ0v) is 13.0. The molecule has 2 atom stereocenters. The summed E-state index contributed by atoms with van der Waals surface area (Å²) in [4.78, 5) is 51.0. The summed E-state index contributed by atoms with van der Waals surface area (Å²) in [6.45, 7) is 0.367. The summed E-state index contributed by atoms with van der Waals surface area (Å²) in [7, 11) is 0. The highest BCUT2D eigenvalue weighted by atomic mass is 16.2. The lowest BCUT2D eigenvalue weighted by atomic mass is 9.88. The van der Waals surface area contributed by atoms with E-state index < -0.39 is 23.1 Å². The summed E-state index contributed by atoms with van der Waals surface area (Å²) in [6, 6.07) is 10.4. The molecular formula is C16H15N5O4. The number of hydrogen-bond donors (Lipinski definition) is 4. The molecule has 2 aromatic rings. The molecule has 9 heteroatoms. The quantitative estimate of drug-likeness (QED) is 0.323. The summed E-state index contributed by atoms with van der Waals surface area (Å²) in [5.74, 6) is -2.13. The fourth-order valence-corrected chi connectivity index (χ4v) is 2.73. The SMILES string of the molecule is O=C1NC[C@@H](c2ccccc2)[C@H]1C(=O)N/N=C\c1cc(=O)[nH]c(=O)[nH]1. The molecule has 1 aromatic heterocycles. The van der Waals surface area contributed by atoms with Gasteiger partial charge < -0.3 is 10.3 Å². The minimum absolute atomic E-state index is 0.129. The predicted octanol–water partition coefficient (Wildman–Crippen LogP) is -0.957. The standard InChI is InChI=1S/C16H15N5O4/c22-12-6-10(19-16(25)20-12)7-18-21-15(24)13-11(8-17-14(13)23)9-4-2-1-3-5-9/h1-7,11,13H,8H2,(H,17,23)(H,21,24)(H2,19,20,22,25)/b18-7-/t11-,13+/m0/s1. The van der Waals surface area contributed by atoms with Crippen molar-refractivity contribution in [3.05, 3.63) is 68.5 Å². The third-order valence-corrected chi connectivity index (χ3v) is 3.85. The fourth-order valence-electron chi connectivity index (χ4n) is 2.73. The first-order chi connectivity index (χ1) is 12.0. The normalized spacial score (nSPS) is 19.8. The van der Waals surface area contributed by atoms with Gasteiger partial charge in [0.05, 0.1) is 11.9 Å². The van der Waals surface area contributed by atoms with Gasteiger partial charge in [-0.2, -0.15) is 5.10 Å². The molecule has 1 aliphatic heterocycles. The smallest absolute Gasteiger partial charge is 0.326 e. The van der Waals surface area contributed by atoms with Crippen LogP contribution in [0.25, 0.3) is 0 Å². The predicted molar refractivity (Wildman–Crippen MR) is 89.1 cm³/mol. The molecule has 25 heavy (non-hydrogen) atoms. The summed E-state index contributed by atoms with van der Waals surface area (Å²) < 4.78 is 0. The highest BCUT2D eigenvalue weighted by Crippen LogP contribution is 2.28. The van der Waals surface area contributed by atoms with Crippen LogP contribution in [0.15, 0.2) is 51.1 Å². The van der Waals surface area contributed by atoms with E-state index in [1.807, 2.05) is 35.3 Å². The molecule has 0 saturated carbocycles. The maximum atomic E-state index is 12.3. The number of H-pyrrole nitrogens is 2. The van der Waals surface area contributed by atoms with Gasteiger partial charge in [0.15, 0.2) is 0 Å². The number of rotatable bonds is 4. The number of aromatic amines is 2. The highest BCUT2D eigenvalue weighted by Gasteiger charge is 2.40. The Morgan fingerprint density at radius 2 is 1.92 bits per heavy atom. The van der Waals surface area contributed by atoms with E-state index in [0.29, 0.717) is 6.54 Å². The number of amides is 2. The minimum atomic E-state index is -0.905. The van der Waals surface area contributed by atoms with E-state index in [-0.39, 0.29) is 17.5 Å². The number of hydrazone groups is 1. The first-order valence-electron chi connectivity index (χ1n) is 7.54. The molecule has 2 amide bonds. The van der Waals surface area contributed by atoms with Crippen LogP contribution in [0.5, 0.6) is 0 Å². The average molecular weight is 341 g/mol. The van der Waals surface area contributed by atoms with Gasteiger partial charge in [-0.05, 0) is 5.56 Å². The van der Waals surface area contributed by atoms with E-state index in [1.54, 1.807) is 0 Å². The van der Waals surface area contributed by atoms with Gasteiger partial charge in [0, 0.05) is 18.5 Å². The lowest BCUT2D eigenvalue weighted by Gasteiger charge is -2.15. The summed E-state index contributed by atoms with van der Waals surface area (Å²) >= 11 is 0. The number of hydrogen-bond acceptors (Lipinski definition) is 5. The zero-order chi connectivity index (χ0) is 17.8. The van der Waals surface area contributed by atoms with E-state index in [4.69, 9.17) is 0 Å². The van der Waals surface area contributed by atoms with E-state index >= 15 is 0 Å². The Kier molecular flexibility index (Phi) is 4.55. The van der Waals surface area contributed by atoms with Crippen molar-refractivity contribution < 1.29 is 9.59 Å². The molecule has 1 fully saturated rings. The van der Waals surface area contributed by atoms with Gasteiger partial charge in [-0.25, -0.2) is 10.2 Å². The molecule has 128 valence electrons. The second kappa shape index (κ2) is 6.95. The number of carbonyl (C=O) groups excluding carboxylic acids is 2. The molecule has 1 saturated heterocycles. The largest absolute Gasteiger partial charge is 0.355 e. The monoisotopic (exact) mass is 341 g/mol. The minimum Gasteiger partial charge on any atom is -0.355 e. The molecule has 0 unspecified atom stereocenters. The van der Waals surface area contributed by atoms with Gasteiger partial charge >= 0.3 is 5.69 Å². The Bertz CT molecular complexity index is 903. The van der Waals surface area contributed by atoms with Crippen molar-refractivity contribution in [3.63, 3.8) is 0 Å². The molecule has 0 aliphatic carbocycles. The Hall–Kier alpha value is -3.49. The number of nitrogens with one attached hydrogen (secondary N) is 4. The van der Waals surface area contributed by atoms with Crippen molar-refractivity contribution >= 4 is 18.0 Å². The van der Waals surface area contributed by atoms with Gasteiger partial charge in [-0.15, -0.1) is 0 Å². The van der Waals surface area contributed by atoms with Gasteiger partial charge in [0.2, 0.25) is 5.91 Å². The molecule has 1 aromatic carbocycles. The van der Waals surface area contributed by atoms with Crippen molar-refractivity contribution in [1.82, 2.24) is 20.7 Å². The van der Waals surface area contributed by atoms with Crippen molar-refractivity contribution in [3.8, 4) is 0 Å². The van der Waals surface area contributed by atoms with Crippen molar-refractivity contribution in [2.45, 2.75) is 5.92 Å². The Balaban J connectivity index is 1.73. The van der Waals surface area contributed by atoms with Crippen LogP contribution in [0.4, 0.5) is 0 Å². The van der Waals surface area contributed by atoms with Crippen LogP contribution in [-0.4, -0.2) is 34.5 Å². The molecule has 0 bridgehead atoms. The molecular weight excluding hydrogens is 326 g/mol. The molecule has 4 N–H and O–H groups in total. The number of nitrogens with zero attached hydrogens (tertiary/aromatic N) is 1. The third-order valence-electron chi connectivity index (χ3n) is 3.85. The van der Waals surface area contributed by atoms with Crippen LogP contribution in [-0.2, 0) is 9.59 Å². The second-order valence-corrected chi connectivity index (χ2v) is 5.52. The van der Waals surface area contributed by atoms with E-state index in [9.17, 15) is 19.2 Å². The zero-order valence-electron chi connectivity index (χ0n) is 13.0. The lowest BCUT2D eigenvalue weighted by Crippen LogP contribution is -2.34. The van der Waals surface area contributed by atoms with Gasteiger partial charge in [-0.3, -0.25) is 19.4 Å². The molecule has 0 radical (unpaired) electrons. The second-order valence-electron chi connectivity index (χ2n) is 5.52. The average Bonchev–Trinajstić information content (AvgIpc) is 2.96. The van der Waals surface area contributed by atoms with Gasteiger partial charge in [0.25, 0.3) is 11.5 Å². The number of benzene rings is 1. The molecule has 0 spiro atoms. The van der Waals surface area contributed by atoms with E-state index in [1.165, 1.54) is 0 Å². The van der Waals surface area contributed by atoms with Crippen LogP contribution < -0.4 is 22.0 Å². The van der Waals surface area contributed by atoms with Crippen LogP contribution >= 0.6 is 0 Å². The van der Waals surface area contributed by atoms with Gasteiger partial charge in [0.1, 0.15) is 5.92 Å². The Morgan fingerprint density at radius 3 is 2.64 bits per heavy atom. The highest BCUT2D eigenvalue weighted by molar-refractivity contribution is 6.03. The molecule has 3 rings (SSSR count). The lowest BCUT2D eigenvalue weighted by molar-refractivity contribution is -0.133. The number of carbonyl (C=O) groups is 2. The van der Waals surface area contributed by atoms with Crippen molar-refractivity contribution in [2.24, 2.45) is 11.0 Å². The van der Waals surface area contributed by atoms with Crippen LogP contribution in [0.2, 0.25) is 0 Å². The first-order valence-corrected chi connectivity index (χ1v) is 7.54. The topological polar surface area (TPSA) is 136 Å². The van der Waals surface area contributed by atoms with Crippen LogP contribution in [0, 0.1) is 5.92 Å². The summed E-state index contributed by atoms with van der Waals surface area (Å²) in [5.41, 5.74) is 2.02.